The first-order valence-electron chi connectivity index (χ1n) is 32.8. The molecule has 676 valence electrons. The normalized spacial score (nSPS) is 13.3. The minimum Gasteiger partial charge on any atom is -0.479 e. The summed E-state index contributed by atoms with van der Waals surface area (Å²) in [5.74, 6) is -37.3. The van der Waals surface area contributed by atoms with E-state index < -0.39 is 312 Å². The van der Waals surface area contributed by atoms with Crippen molar-refractivity contribution >= 4 is 44.1 Å². The van der Waals surface area contributed by atoms with Gasteiger partial charge < -0.3 is 86.7 Å². The number of rotatable bonds is 27. The molecule has 6 heterocycles. The van der Waals surface area contributed by atoms with E-state index in [9.17, 15) is 158 Å². The monoisotopic (exact) mass is 1910 g/mol. The Bertz CT molecular complexity index is 5620. The molecule has 0 unspecified atom stereocenters. The molecule has 11 rings (SSSR count). The number of benzene rings is 5. The Labute approximate surface area is 677 Å². The number of hydrogen-bond donors (Lipinski definition) is 0. The molecule has 2 aliphatic heterocycles. The Balaban J connectivity index is 0.0000163. The van der Waals surface area contributed by atoms with Crippen LogP contribution in [0.4, 0.5) is 158 Å². The second-order valence-electron chi connectivity index (χ2n) is 25.1. The van der Waals surface area contributed by atoms with Gasteiger partial charge in [-0.05, 0) is 22.4 Å². The van der Waals surface area contributed by atoms with Crippen LogP contribution in [0, 0.1) is 0 Å². The average molecular weight is 1910 g/mol. The zero-order valence-electron chi connectivity index (χ0n) is 60.0. The van der Waals surface area contributed by atoms with Crippen molar-refractivity contribution in [2.75, 3.05) is 79.3 Å². The van der Waals surface area contributed by atoms with Crippen molar-refractivity contribution in [3.8, 4) is 126 Å². The molecule has 0 fully saturated rings. The number of aromatic nitrogens is 11. The van der Waals surface area contributed by atoms with Crippen LogP contribution in [0.15, 0.2) is 54.7 Å². The maximum absolute atomic E-state index is 14.8. The molecule has 0 saturated carbocycles. The third-order valence-electron chi connectivity index (χ3n) is 15.1. The van der Waals surface area contributed by atoms with E-state index in [2.05, 4.69) is 78.6 Å². The van der Waals surface area contributed by atoms with E-state index in [1.807, 2.05) is 0 Å². The van der Waals surface area contributed by atoms with Crippen molar-refractivity contribution in [2.24, 2.45) is 0 Å². The molecule has 9 aromatic rings. The van der Waals surface area contributed by atoms with E-state index in [1.54, 1.807) is 30.3 Å². The number of ether oxygens (including phenoxy) is 12. The van der Waals surface area contributed by atoms with Crippen LogP contribution in [0.1, 0.15) is 5.56 Å². The molecule has 8 bridgehead atoms. The van der Waals surface area contributed by atoms with Crippen molar-refractivity contribution < 1.29 is 234 Å². The Hall–Kier alpha value is -11.7. The minimum atomic E-state index is -6.11. The second kappa shape index (κ2) is 34.7. The molecular formula is C65H35F36N11O12Zn. The molecule has 0 aliphatic carbocycles. The van der Waals surface area contributed by atoms with E-state index >= 15 is 0 Å². The van der Waals surface area contributed by atoms with Crippen LogP contribution in [-0.2, 0) is 26.0 Å². The summed E-state index contributed by atoms with van der Waals surface area (Å²) in [5, 5.41) is 1.77. The summed E-state index contributed by atoms with van der Waals surface area (Å²) < 4.78 is 584. The Morgan fingerprint density at radius 2 is 0.504 bits per heavy atom. The molecule has 0 N–H and O–H groups in total. The van der Waals surface area contributed by atoms with E-state index in [4.69, 9.17) is 28.4 Å². The maximum atomic E-state index is 14.8. The molecule has 2 aliphatic rings. The standard InChI is InChI=1S/C65H35F36N11O12.Zn/c66-54(67,68)11-113-34-28-30(36(115-13-56(72,73)74)42(121-19-62(90,91)92)40(34)119-17-60(84,85)86)50-105-48(28)103-46-25-7-6-24(27-10-112(111-110-27)9-23-4-2-1-3-5-23)8-26(25)47(102-46)104-49-29-31(37(116-14-57(75,76)77)43(122-20-63(93,94)95)41(120-18-61(87,88)89)35(29)114-12-55(69,70)71)51(106-49)108-53-33-32(52(107-50)109-53)38(117-15-58(78,79)80)44(123-21-64(96,97)98)45(124-22-65(99,100)101)39(33)118-16-59(81,82)83;/h1-8,10H,9,11-22H2;/q-2;+2. The molecule has 0 radical (unpaired) electrons. The molecule has 4 aromatic heterocycles. The van der Waals surface area contributed by atoms with Gasteiger partial charge in [-0.25, -0.2) is 14.6 Å². The minimum absolute atomic E-state index is 0. The summed E-state index contributed by atoms with van der Waals surface area (Å²) in [6, 6.07) is 10.3. The summed E-state index contributed by atoms with van der Waals surface area (Å²) in [6.07, 6.45) is -71.0. The van der Waals surface area contributed by atoms with Gasteiger partial charge in [0.1, 0.15) is 5.69 Å². The smallest absolute Gasteiger partial charge is 0.479 e. The molecular weight excluding hydrogens is 1880 g/mol. The fraction of sp³-hybridized carbons (Fsp3) is 0.385. The van der Waals surface area contributed by atoms with Gasteiger partial charge in [-0.15, -0.1) is 5.10 Å². The first-order valence-corrected chi connectivity index (χ1v) is 32.8. The van der Waals surface area contributed by atoms with Gasteiger partial charge in [-0.2, -0.15) is 158 Å². The van der Waals surface area contributed by atoms with Gasteiger partial charge in [0, 0.05) is 38.9 Å². The number of halogens is 36. The van der Waals surface area contributed by atoms with E-state index in [-0.39, 0.29) is 37.3 Å². The molecule has 60 heteroatoms. The van der Waals surface area contributed by atoms with Gasteiger partial charge in [0.15, 0.2) is 114 Å². The summed E-state index contributed by atoms with van der Waals surface area (Å²) >= 11 is 0. The van der Waals surface area contributed by atoms with E-state index in [0.29, 0.717) is 5.56 Å². The van der Waals surface area contributed by atoms with Gasteiger partial charge in [0.2, 0.25) is 34.5 Å². The quantitative estimate of drug-likeness (QED) is 0.0343. The predicted molar refractivity (Wildman–Crippen MR) is 337 cm³/mol. The van der Waals surface area contributed by atoms with Crippen molar-refractivity contribution in [3.05, 3.63) is 60.3 Å². The van der Waals surface area contributed by atoms with Crippen LogP contribution in [0.2, 0.25) is 0 Å². The van der Waals surface area contributed by atoms with Gasteiger partial charge in [-0.1, -0.05) is 47.7 Å². The third kappa shape index (κ3) is 24.9. The molecule has 5 aromatic carbocycles. The Kier molecular flexibility index (Phi) is 26.5. The Morgan fingerprint density at radius 1 is 0.264 bits per heavy atom. The van der Waals surface area contributed by atoms with Crippen molar-refractivity contribution in [2.45, 2.75) is 80.7 Å². The number of hydrogen-bond acceptors (Lipinski definition) is 20. The summed E-state index contributed by atoms with van der Waals surface area (Å²) in [4.78, 5) is 30.9. The van der Waals surface area contributed by atoms with Gasteiger partial charge in [0.25, 0.3) is 0 Å². The summed E-state index contributed by atoms with van der Waals surface area (Å²) in [7, 11) is 0. The van der Waals surface area contributed by atoms with Crippen LogP contribution in [0.3, 0.4) is 0 Å². The van der Waals surface area contributed by atoms with Gasteiger partial charge >= 0.3 is 93.6 Å². The molecule has 0 spiro atoms. The van der Waals surface area contributed by atoms with Crippen LogP contribution >= 0.6 is 0 Å². The van der Waals surface area contributed by atoms with Crippen molar-refractivity contribution in [3.63, 3.8) is 0 Å². The number of alkyl halides is 36. The fourth-order valence-corrected chi connectivity index (χ4v) is 11.0. The predicted octanol–water partition coefficient (Wildman–Crippen LogP) is 18.7. The summed E-state index contributed by atoms with van der Waals surface area (Å²) in [6.45, 7) is -37.4. The zero-order valence-corrected chi connectivity index (χ0v) is 63.0. The SMILES string of the molecule is FC(F)(F)COc1c(OCC(F)(F)F)c(OCC(F)(F)F)c2c(c1OCC(F)(F)F)-c1nc-2nc2[n-]c(nc3nc(nc4[n-]c(n1)c1ccc(-c5cn(Cc6ccccc6)nn5)cc41)-c1c(OCC(F)(F)F)c(OCC(F)(F)F)c(OCC(F)(F)F)c(OCC(F)(F)F)c1-3)c1c(OCC(F)(F)F)c(OCC(F)(F)F)c(OCC(F)(F)F)c(OCC(F)(F)F)c21.[Zn+2]. The summed E-state index contributed by atoms with van der Waals surface area (Å²) in [5.41, 5.74) is -15.5. The number of fused-ring (bicyclic) bond motifs is 20. The third-order valence-corrected chi connectivity index (χ3v) is 15.1. The fourth-order valence-electron chi connectivity index (χ4n) is 11.0. The molecule has 0 atom stereocenters. The van der Waals surface area contributed by atoms with Crippen LogP contribution in [-0.4, -0.2) is 198 Å². The van der Waals surface area contributed by atoms with Crippen LogP contribution < -0.4 is 66.8 Å². The number of nitrogens with zero attached hydrogens (tertiary/aromatic N) is 11. The van der Waals surface area contributed by atoms with Crippen molar-refractivity contribution in [1.29, 1.82) is 0 Å². The van der Waals surface area contributed by atoms with Gasteiger partial charge in [-0.3, -0.25) is 0 Å². The van der Waals surface area contributed by atoms with Gasteiger partial charge in [0.05, 0.1) is 58.3 Å². The topological polar surface area (TPSA) is 247 Å². The van der Waals surface area contributed by atoms with E-state index in [1.165, 1.54) is 0 Å². The van der Waals surface area contributed by atoms with Crippen molar-refractivity contribution in [1.82, 2.24) is 54.9 Å². The average Bonchev–Trinajstić information content (AvgIpc) is 1.57. The zero-order chi connectivity index (χ0) is 91.6. The first kappa shape index (κ1) is 95.5. The van der Waals surface area contributed by atoms with Crippen LogP contribution in [0.25, 0.3) is 101 Å². The van der Waals surface area contributed by atoms with Crippen LogP contribution in [0.5, 0.6) is 69.0 Å². The Morgan fingerprint density at radius 3 is 0.784 bits per heavy atom. The van der Waals surface area contributed by atoms with E-state index in [0.717, 1.165) is 29.1 Å². The molecule has 0 saturated heterocycles. The first-order chi connectivity index (χ1) is 56.9. The second-order valence-corrected chi connectivity index (χ2v) is 25.1. The molecule has 23 nitrogen and oxygen atoms in total. The maximum Gasteiger partial charge on any atom is 2.00 e. The largest absolute Gasteiger partial charge is 2.00 e. The molecule has 125 heavy (non-hydrogen) atoms. The molecule has 0 amide bonds.